The van der Waals surface area contributed by atoms with Gasteiger partial charge in [0.15, 0.2) is 0 Å². The second-order valence-corrected chi connectivity index (χ2v) is 7.69. The van der Waals surface area contributed by atoms with Crippen LogP contribution in [0.25, 0.3) is 11.1 Å². The van der Waals surface area contributed by atoms with E-state index in [1.807, 2.05) is 24.3 Å². The van der Waals surface area contributed by atoms with Gasteiger partial charge in [-0.25, -0.2) is 4.79 Å². The highest BCUT2D eigenvalue weighted by molar-refractivity contribution is 5.79. The molecule has 1 aliphatic carbocycles. The molecule has 1 aliphatic heterocycles. The average molecular weight is 365 g/mol. The number of likely N-dealkylation sites (tertiary alicyclic amines) is 1. The van der Waals surface area contributed by atoms with Gasteiger partial charge in [0.1, 0.15) is 6.61 Å². The summed E-state index contributed by atoms with van der Waals surface area (Å²) in [5, 5.41) is 9.44. The summed E-state index contributed by atoms with van der Waals surface area (Å²) >= 11 is 0. The van der Waals surface area contributed by atoms with Crippen LogP contribution in [0.5, 0.6) is 0 Å². The molecule has 0 bridgehead atoms. The van der Waals surface area contributed by atoms with E-state index in [9.17, 15) is 14.7 Å². The lowest BCUT2D eigenvalue weighted by Crippen LogP contribution is -2.48. The number of aliphatic carboxylic acids is 1. The van der Waals surface area contributed by atoms with Crippen LogP contribution in [0.15, 0.2) is 48.5 Å². The minimum Gasteiger partial charge on any atom is -0.481 e. The lowest BCUT2D eigenvalue weighted by atomic mass is 9.82. The molecular formula is C22H23NO4. The van der Waals surface area contributed by atoms with E-state index in [0.29, 0.717) is 19.4 Å². The topological polar surface area (TPSA) is 66.8 Å². The molecule has 5 heteroatoms. The Morgan fingerprint density at radius 2 is 1.70 bits per heavy atom. The zero-order chi connectivity index (χ0) is 19.0. The standard InChI is InChI=1S/C22H23NO4/c1-22(20(24)25)11-6-12-23(14-22)21(26)27-13-19-17-9-4-2-7-15(17)16-8-3-5-10-18(16)19/h2-5,7-10,19H,6,11-14H2,1H3,(H,24,25). The number of ether oxygens (including phenoxy) is 1. The third-order valence-electron chi connectivity index (χ3n) is 5.81. The lowest BCUT2D eigenvalue weighted by Gasteiger charge is -2.36. The number of carbonyl (C=O) groups excluding carboxylic acids is 1. The molecule has 140 valence electrons. The molecular weight excluding hydrogens is 342 g/mol. The predicted molar refractivity (Wildman–Crippen MR) is 102 cm³/mol. The first kappa shape index (κ1) is 17.6. The van der Waals surface area contributed by atoms with Gasteiger partial charge in [-0.05, 0) is 42.0 Å². The molecule has 0 aromatic heterocycles. The zero-order valence-corrected chi connectivity index (χ0v) is 15.4. The van der Waals surface area contributed by atoms with E-state index < -0.39 is 17.5 Å². The van der Waals surface area contributed by atoms with E-state index in [-0.39, 0.29) is 19.1 Å². The maximum atomic E-state index is 12.6. The second kappa shape index (κ2) is 6.72. The summed E-state index contributed by atoms with van der Waals surface area (Å²) < 4.78 is 5.65. The van der Waals surface area contributed by atoms with Crippen LogP contribution < -0.4 is 0 Å². The van der Waals surface area contributed by atoms with E-state index in [4.69, 9.17) is 4.74 Å². The summed E-state index contributed by atoms with van der Waals surface area (Å²) in [7, 11) is 0. The molecule has 2 aromatic rings. The van der Waals surface area contributed by atoms with Crippen molar-refractivity contribution >= 4 is 12.1 Å². The third-order valence-corrected chi connectivity index (χ3v) is 5.81. The molecule has 1 atom stereocenters. The normalized spacial score (nSPS) is 21.4. The van der Waals surface area contributed by atoms with Gasteiger partial charge in [0.25, 0.3) is 0 Å². The zero-order valence-electron chi connectivity index (χ0n) is 15.4. The van der Waals surface area contributed by atoms with Crippen molar-refractivity contribution in [1.29, 1.82) is 0 Å². The van der Waals surface area contributed by atoms with Gasteiger partial charge in [0, 0.05) is 19.0 Å². The van der Waals surface area contributed by atoms with Crippen LogP contribution >= 0.6 is 0 Å². The van der Waals surface area contributed by atoms with Gasteiger partial charge in [-0.3, -0.25) is 4.79 Å². The Kier molecular flexibility index (Phi) is 4.38. The fourth-order valence-electron chi connectivity index (χ4n) is 4.26. The molecule has 27 heavy (non-hydrogen) atoms. The summed E-state index contributed by atoms with van der Waals surface area (Å²) in [6.07, 6.45) is 0.826. The van der Waals surface area contributed by atoms with Crippen molar-refractivity contribution in [1.82, 2.24) is 4.90 Å². The summed E-state index contributed by atoms with van der Waals surface area (Å²) in [5.74, 6) is -0.851. The van der Waals surface area contributed by atoms with Crippen molar-refractivity contribution in [2.75, 3.05) is 19.7 Å². The SMILES string of the molecule is CC1(C(=O)O)CCCN(C(=O)OCC2c3ccccc3-c3ccccc32)C1. The number of fused-ring (bicyclic) bond motifs is 3. The molecule has 1 amide bonds. The number of hydrogen-bond acceptors (Lipinski definition) is 3. The molecule has 1 fully saturated rings. The smallest absolute Gasteiger partial charge is 0.409 e. The van der Waals surface area contributed by atoms with Gasteiger partial charge >= 0.3 is 12.1 Å². The van der Waals surface area contributed by atoms with E-state index in [1.165, 1.54) is 27.2 Å². The monoisotopic (exact) mass is 365 g/mol. The summed E-state index contributed by atoms with van der Waals surface area (Å²) in [6, 6.07) is 16.4. The molecule has 1 heterocycles. The molecule has 0 saturated carbocycles. The van der Waals surface area contributed by atoms with Gasteiger partial charge < -0.3 is 14.7 Å². The first-order chi connectivity index (χ1) is 13.0. The lowest BCUT2D eigenvalue weighted by molar-refractivity contribution is -0.150. The largest absolute Gasteiger partial charge is 0.481 e. The fourth-order valence-corrected chi connectivity index (χ4v) is 4.26. The van der Waals surface area contributed by atoms with Crippen LogP contribution in [0.1, 0.15) is 36.8 Å². The predicted octanol–water partition coefficient (Wildman–Crippen LogP) is 4.12. The second-order valence-electron chi connectivity index (χ2n) is 7.69. The number of nitrogens with zero attached hydrogens (tertiary/aromatic N) is 1. The van der Waals surface area contributed by atoms with Crippen molar-refractivity contribution in [3.63, 3.8) is 0 Å². The number of benzene rings is 2. The van der Waals surface area contributed by atoms with Crippen LogP contribution in [0.4, 0.5) is 4.79 Å². The van der Waals surface area contributed by atoms with Crippen molar-refractivity contribution in [2.45, 2.75) is 25.7 Å². The number of rotatable bonds is 3. The highest BCUT2D eigenvalue weighted by Crippen LogP contribution is 2.44. The Labute approximate surface area is 158 Å². The number of carboxylic acids is 1. The molecule has 0 radical (unpaired) electrons. The van der Waals surface area contributed by atoms with Gasteiger partial charge in [-0.2, -0.15) is 0 Å². The number of hydrogen-bond donors (Lipinski definition) is 1. The number of piperidine rings is 1. The van der Waals surface area contributed by atoms with Crippen LogP contribution in [-0.4, -0.2) is 41.8 Å². The number of amides is 1. The van der Waals surface area contributed by atoms with E-state index in [1.54, 1.807) is 6.92 Å². The summed E-state index contributed by atoms with van der Waals surface area (Å²) in [6.45, 7) is 2.68. The van der Waals surface area contributed by atoms with Crippen LogP contribution in [0.2, 0.25) is 0 Å². The van der Waals surface area contributed by atoms with Crippen molar-refractivity contribution < 1.29 is 19.4 Å². The van der Waals surface area contributed by atoms with Crippen LogP contribution in [0, 0.1) is 5.41 Å². The maximum Gasteiger partial charge on any atom is 0.409 e. The van der Waals surface area contributed by atoms with E-state index in [2.05, 4.69) is 24.3 Å². The Morgan fingerprint density at radius 3 is 2.30 bits per heavy atom. The Morgan fingerprint density at radius 1 is 1.11 bits per heavy atom. The minimum absolute atomic E-state index is 0.0111. The maximum absolute atomic E-state index is 12.6. The highest BCUT2D eigenvalue weighted by Gasteiger charge is 2.40. The first-order valence-electron chi connectivity index (χ1n) is 9.33. The average Bonchev–Trinajstić information content (AvgIpc) is 3.00. The Hall–Kier alpha value is -2.82. The van der Waals surface area contributed by atoms with Crippen molar-refractivity contribution in [2.24, 2.45) is 5.41 Å². The summed E-state index contributed by atoms with van der Waals surface area (Å²) in [4.78, 5) is 25.6. The molecule has 1 unspecified atom stereocenters. The first-order valence-corrected chi connectivity index (χ1v) is 9.33. The molecule has 0 spiro atoms. The van der Waals surface area contributed by atoms with E-state index >= 15 is 0 Å². The number of carboxylic acid groups (broad SMARTS) is 1. The third kappa shape index (κ3) is 3.07. The molecule has 4 rings (SSSR count). The molecule has 1 saturated heterocycles. The van der Waals surface area contributed by atoms with Crippen LogP contribution in [0.3, 0.4) is 0 Å². The highest BCUT2D eigenvalue weighted by atomic mass is 16.6. The van der Waals surface area contributed by atoms with Gasteiger partial charge in [0.05, 0.1) is 5.41 Å². The van der Waals surface area contributed by atoms with Crippen molar-refractivity contribution in [3.8, 4) is 11.1 Å². The van der Waals surface area contributed by atoms with E-state index in [0.717, 1.165) is 0 Å². The molecule has 1 N–H and O–H groups in total. The van der Waals surface area contributed by atoms with Gasteiger partial charge in [-0.15, -0.1) is 0 Å². The Bertz CT molecular complexity index is 848. The molecule has 5 nitrogen and oxygen atoms in total. The summed E-state index contributed by atoms with van der Waals surface area (Å²) in [5.41, 5.74) is 3.81. The van der Waals surface area contributed by atoms with Crippen molar-refractivity contribution in [3.05, 3.63) is 59.7 Å². The molecule has 2 aliphatic rings. The fraction of sp³-hybridized carbons (Fsp3) is 0.364. The number of carbonyl (C=O) groups is 2. The quantitative estimate of drug-likeness (QED) is 0.888. The molecule has 2 aromatic carbocycles. The Balaban J connectivity index is 1.49. The van der Waals surface area contributed by atoms with Gasteiger partial charge in [-0.1, -0.05) is 48.5 Å². The van der Waals surface area contributed by atoms with Gasteiger partial charge in [0.2, 0.25) is 0 Å². The minimum atomic E-state index is -0.899. The van der Waals surface area contributed by atoms with Crippen LogP contribution in [-0.2, 0) is 9.53 Å².